The van der Waals surface area contributed by atoms with Crippen LogP contribution in [0.3, 0.4) is 0 Å². The first-order valence-corrected chi connectivity index (χ1v) is 7.28. The van der Waals surface area contributed by atoms with Crippen LogP contribution in [-0.4, -0.2) is 26.3 Å². The van der Waals surface area contributed by atoms with Gasteiger partial charge in [-0.25, -0.2) is 14.0 Å². The van der Waals surface area contributed by atoms with Crippen molar-refractivity contribution in [3.63, 3.8) is 0 Å². The molecule has 0 aliphatic rings. The third-order valence-corrected chi connectivity index (χ3v) is 3.19. The van der Waals surface area contributed by atoms with Crippen molar-refractivity contribution in [1.29, 1.82) is 0 Å². The van der Waals surface area contributed by atoms with Gasteiger partial charge in [-0.1, -0.05) is 6.58 Å². The van der Waals surface area contributed by atoms with Gasteiger partial charge >= 0.3 is 11.6 Å². The number of ether oxygens (including phenoxy) is 3. The molecule has 0 N–H and O–H groups in total. The number of carbonyl (C=O) groups is 1. The number of rotatable bonds is 8. The zero-order valence-corrected chi connectivity index (χ0v) is 13.2. The van der Waals surface area contributed by atoms with E-state index in [1.54, 1.807) is 0 Å². The lowest BCUT2D eigenvalue weighted by molar-refractivity contribution is -0.137. The average molecular weight is 336 g/mol. The van der Waals surface area contributed by atoms with Crippen LogP contribution < -0.4 is 15.1 Å². The number of carbonyl (C=O) groups excluding carboxylic acids is 1. The van der Waals surface area contributed by atoms with Crippen LogP contribution in [0.5, 0.6) is 11.5 Å². The first-order chi connectivity index (χ1) is 11.5. The normalized spacial score (nSPS) is 10.4. The highest BCUT2D eigenvalue weighted by Crippen LogP contribution is 2.29. The summed E-state index contributed by atoms with van der Waals surface area (Å²) in [4.78, 5) is 22.5. The Bertz CT molecular complexity index is 796. The molecule has 1 aromatic heterocycles. The van der Waals surface area contributed by atoms with E-state index in [9.17, 15) is 14.0 Å². The molecule has 1 heterocycles. The SMILES string of the molecule is C=CC(=O)OCCCCOc1cc(=O)oc2cc(OC)c(F)cc12. The molecule has 1 aromatic carbocycles. The van der Waals surface area contributed by atoms with Gasteiger partial charge in [0.1, 0.15) is 11.3 Å². The predicted molar refractivity (Wildman–Crippen MR) is 84.9 cm³/mol. The summed E-state index contributed by atoms with van der Waals surface area (Å²) < 4.78 is 34.1. The monoisotopic (exact) mass is 336 g/mol. The van der Waals surface area contributed by atoms with Gasteiger partial charge in [0.15, 0.2) is 11.6 Å². The highest BCUT2D eigenvalue weighted by molar-refractivity contribution is 5.84. The van der Waals surface area contributed by atoms with E-state index in [0.717, 1.165) is 12.1 Å². The minimum atomic E-state index is -0.605. The topological polar surface area (TPSA) is 75.0 Å². The maximum absolute atomic E-state index is 13.8. The van der Waals surface area contributed by atoms with Crippen LogP contribution in [0, 0.1) is 5.82 Å². The van der Waals surface area contributed by atoms with Crippen molar-refractivity contribution in [1.82, 2.24) is 0 Å². The number of methoxy groups -OCH3 is 1. The van der Waals surface area contributed by atoms with Crippen LogP contribution >= 0.6 is 0 Å². The van der Waals surface area contributed by atoms with E-state index in [-0.39, 0.29) is 30.3 Å². The van der Waals surface area contributed by atoms with Gasteiger partial charge in [-0.3, -0.25) is 0 Å². The van der Waals surface area contributed by atoms with E-state index in [1.807, 2.05) is 0 Å². The summed E-state index contributed by atoms with van der Waals surface area (Å²) in [6.07, 6.45) is 2.26. The Hall–Kier alpha value is -2.83. The van der Waals surface area contributed by atoms with E-state index in [1.165, 1.54) is 19.2 Å². The summed E-state index contributed by atoms with van der Waals surface area (Å²) in [6, 6.07) is 3.65. The first kappa shape index (κ1) is 17.5. The molecule has 0 amide bonds. The Labute approximate surface area is 137 Å². The second-order valence-corrected chi connectivity index (χ2v) is 4.84. The van der Waals surface area contributed by atoms with Gasteiger partial charge in [0.2, 0.25) is 0 Å². The van der Waals surface area contributed by atoms with Gasteiger partial charge in [0.05, 0.1) is 31.8 Å². The molecule has 0 atom stereocenters. The maximum Gasteiger partial charge on any atom is 0.339 e. The number of unbranched alkanes of at least 4 members (excludes halogenated alkanes) is 1. The van der Waals surface area contributed by atoms with Gasteiger partial charge in [0.25, 0.3) is 0 Å². The van der Waals surface area contributed by atoms with Crippen LogP contribution in [0.1, 0.15) is 12.8 Å². The summed E-state index contributed by atoms with van der Waals surface area (Å²) in [7, 11) is 1.32. The van der Waals surface area contributed by atoms with Crippen molar-refractivity contribution < 1.29 is 27.8 Å². The fourth-order valence-electron chi connectivity index (χ4n) is 2.03. The van der Waals surface area contributed by atoms with E-state index in [4.69, 9.17) is 18.6 Å². The van der Waals surface area contributed by atoms with Crippen LogP contribution in [0.4, 0.5) is 4.39 Å². The lowest BCUT2D eigenvalue weighted by atomic mass is 10.2. The Kier molecular flexibility index (Phi) is 5.95. The number of esters is 1. The molecule has 0 saturated heterocycles. The van der Waals surface area contributed by atoms with Crippen LogP contribution in [0.25, 0.3) is 11.0 Å². The zero-order valence-electron chi connectivity index (χ0n) is 13.2. The summed E-state index contributed by atoms with van der Waals surface area (Å²) in [5.41, 5.74) is -0.429. The van der Waals surface area contributed by atoms with Crippen molar-refractivity contribution in [3.05, 3.63) is 47.1 Å². The van der Waals surface area contributed by atoms with E-state index >= 15 is 0 Å². The Morgan fingerprint density at radius 1 is 1.25 bits per heavy atom. The summed E-state index contributed by atoms with van der Waals surface area (Å²) in [6.45, 7) is 3.82. The van der Waals surface area contributed by atoms with E-state index < -0.39 is 17.4 Å². The molecule has 0 unspecified atom stereocenters. The van der Waals surface area contributed by atoms with Crippen molar-refractivity contribution in [2.75, 3.05) is 20.3 Å². The average Bonchev–Trinajstić information content (AvgIpc) is 2.57. The van der Waals surface area contributed by atoms with Crippen molar-refractivity contribution in [3.8, 4) is 11.5 Å². The third-order valence-electron chi connectivity index (χ3n) is 3.19. The van der Waals surface area contributed by atoms with Crippen LogP contribution in [0.2, 0.25) is 0 Å². The lowest BCUT2D eigenvalue weighted by Crippen LogP contribution is -2.06. The lowest BCUT2D eigenvalue weighted by Gasteiger charge is -2.10. The van der Waals surface area contributed by atoms with Crippen molar-refractivity contribution >= 4 is 16.9 Å². The van der Waals surface area contributed by atoms with Gasteiger partial charge in [-0.2, -0.15) is 0 Å². The molecule has 0 saturated carbocycles. The fraction of sp³-hybridized carbons (Fsp3) is 0.294. The van der Waals surface area contributed by atoms with Crippen molar-refractivity contribution in [2.24, 2.45) is 0 Å². The van der Waals surface area contributed by atoms with E-state index in [0.29, 0.717) is 18.2 Å². The minimum absolute atomic E-state index is 0.0214. The van der Waals surface area contributed by atoms with Gasteiger partial charge in [-0.05, 0) is 18.9 Å². The Morgan fingerprint density at radius 2 is 2.00 bits per heavy atom. The number of benzene rings is 1. The van der Waals surface area contributed by atoms with Gasteiger partial charge in [-0.15, -0.1) is 0 Å². The zero-order chi connectivity index (χ0) is 17.5. The molecule has 128 valence electrons. The molecule has 0 bridgehead atoms. The van der Waals surface area contributed by atoms with E-state index in [2.05, 4.69) is 6.58 Å². The van der Waals surface area contributed by atoms with Crippen LogP contribution in [0.15, 0.2) is 40.1 Å². The smallest absolute Gasteiger partial charge is 0.339 e. The molecule has 0 fully saturated rings. The second kappa shape index (κ2) is 8.14. The predicted octanol–water partition coefficient (Wildman–Crippen LogP) is 2.83. The Morgan fingerprint density at radius 3 is 2.71 bits per heavy atom. The molecule has 0 spiro atoms. The molecule has 2 rings (SSSR count). The number of hydrogen-bond donors (Lipinski definition) is 0. The standard InChI is InChI=1S/C17H17FO6/c1-3-16(19)23-7-5-4-6-22-13-10-17(20)24-14-9-15(21-2)12(18)8-11(13)14/h3,8-10H,1,4-7H2,2H3. The van der Waals surface area contributed by atoms with Crippen LogP contribution in [-0.2, 0) is 9.53 Å². The molecular formula is C17H17FO6. The number of fused-ring (bicyclic) bond motifs is 1. The molecular weight excluding hydrogens is 319 g/mol. The highest BCUT2D eigenvalue weighted by atomic mass is 19.1. The largest absolute Gasteiger partial charge is 0.494 e. The second-order valence-electron chi connectivity index (χ2n) is 4.84. The van der Waals surface area contributed by atoms with Gasteiger partial charge < -0.3 is 18.6 Å². The molecule has 6 nitrogen and oxygen atoms in total. The molecule has 0 radical (unpaired) electrons. The summed E-state index contributed by atoms with van der Waals surface area (Å²) in [5.74, 6) is -0.857. The maximum atomic E-state index is 13.8. The fourth-order valence-corrected chi connectivity index (χ4v) is 2.03. The number of hydrogen-bond acceptors (Lipinski definition) is 6. The minimum Gasteiger partial charge on any atom is -0.494 e. The summed E-state index contributed by atoms with van der Waals surface area (Å²) in [5, 5.41) is 0.339. The molecule has 0 aliphatic carbocycles. The third kappa shape index (κ3) is 4.34. The molecule has 24 heavy (non-hydrogen) atoms. The molecule has 7 heteroatoms. The quantitative estimate of drug-likeness (QED) is 0.319. The van der Waals surface area contributed by atoms with Crippen molar-refractivity contribution in [2.45, 2.75) is 12.8 Å². The van der Waals surface area contributed by atoms with Gasteiger partial charge in [0, 0.05) is 12.1 Å². The molecule has 2 aromatic rings. The summed E-state index contributed by atoms with van der Waals surface area (Å²) >= 11 is 0. The number of halogens is 1. The molecule has 0 aliphatic heterocycles. The Balaban J connectivity index is 2.03. The highest BCUT2D eigenvalue weighted by Gasteiger charge is 2.12. The first-order valence-electron chi connectivity index (χ1n) is 7.28.